The normalized spacial score (nSPS) is 19.2. The SMILES string of the molecule is O=S(=O)(c1ccc(N2CCCc3cc(F)cc(F)c32)c2c1C(O)CC2)C(F)(F)F. The lowest BCUT2D eigenvalue weighted by Gasteiger charge is -2.33. The zero-order valence-corrected chi connectivity index (χ0v) is 15.7. The zero-order valence-electron chi connectivity index (χ0n) is 14.9. The molecule has 0 saturated heterocycles. The van der Waals surface area contributed by atoms with Gasteiger partial charge in [0.15, 0.2) is 0 Å². The largest absolute Gasteiger partial charge is 0.501 e. The summed E-state index contributed by atoms with van der Waals surface area (Å²) in [7, 11) is -5.66. The molecule has 0 fully saturated rings. The topological polar surface area (TPSA) is 57.6 Å². The molecule has 1 atom stereocenters. The van der Waals surface area contributed by atoms with Gasteiger partial charge in [0.2, 0.25) is 0 Å². The maximum atomic E-state index is 14.5. The second-order valence-electron chi connectivity index (χ2n) is 7.13. The molecule has 1 N–H and O–H groups in total. The first-order valence-corrected chi connectivity index (χ1v) is 10.4. The van der Waals surface area contributed by atoms with Crippen molar-refractivity contribution in [3.05, 3.63) is 52.6 Å². The Morgan fingerprint density at radius 2 is 1.83 bits per heavy atom. The molecule has 1 aliphatic carbocycles. The van der Waals surface area contributed by atoms with E-state index in [0.29, 0.717) is 30.6 Å². The molecule has 0 amide bonds. The van der Waals surface area contributed by atoms with E-state index in [0.717, 1.165) is 12.1 Å². The molecule has 4 rings (SSSR count). The van der Waals surface area contributed by atoms with Gasteiger partial charge in [-0.15, -0.1) is 0 Å². The van der Waals surface area contributed by atoms with E-state index in [9.17, 15) is 35.5 Å². The molecular formula is C19H16F5NO3S. The van der Waals surface area contributed by atoms with E-state index in [-0.39, 0.29) is 29.7 Å². The molecule has 4 nitrogen and oxygen atoms in total. The lowest BCUT2D eigenvalue weighted by molar-refractivity contribution is -0.0437. The second-order valence-corrected chi connectivity index (χ2v) is 9.04. The fourth-order valence-electron chi connectivity index (χ4n) is 4.19. The molecule has 2 aliphatic rings. The number of hydrogen-bond donors (Lipinski definition) is 1. The summed E-state index contributed by atoms with van der Waals surface area (Å²) in [4.78, 5) is 0.541. The summed E-state index contributed by atoms with van der Waals surface area (Å²) in [5.41, 5.74) is -4.70. The van der Waals surface area contributed by atoms with Gasteiger partial charge in [0.05, 0.1) is 16.7 Å². The molecule has 0 saturated carbocycles. The first-order chi connectivity index (χ1) is 13.5. The Hall–Kier alpha value is -2.20. The van der Waals surface area contributed by atoms with Crippen LogP contribution in [0.5, 0.6) is 0 Å². The highest BCUT2D eigenvalue weighted by atomic mass is 32.2. The van der Waals surface area contributed by atoms with Crippen molar-refractivity contribution in [3.8, 4) is 0 Å². The van der Waals surface area contributed by atoms with Crippen LogP contribution in [0.4, 0.5) is 33.3 Å². The van der Waals surface area contributed by atoms with Crippen molar-refractivity contribution < 1.29 is 35.5 Å². The summed E-state index contributed by atoms with van der Waals surface area (Å²) in [6, 6.07) is 3.95. The van der Waals surface area contributed by atoms with Crippen molar-refractivity contribution in [3.63, 3.8) is 0 Å². The predicted octanol–water partition coefficient (Wildman–Crippen LogP) is 4.32. The van der Waals surface area contributed by atoms with Crippen molar-refractivity contribution in [2.24, 2.45) is 0 Å². The summed E-state index contributed by atoms with van der Waals surface area (Å²) < 4.78 is 91.4. The third-order valence-electron chi connectivity index (χ3n) is 5.38. The Bertz CT molecular complexity index is 1100. The third-order valence-corrected chi connectivity index (χ3v) is 6.93. The average Bonchev–Trinajstić information content (AvgIpc) is 3.01. The van der Waals surface area contributed by atoms with Crippen LogP contribution < -0.4 is 4.90 Å². The van der Waals surface area contributed by atoms with E-state index in [4.69, 9.17) is 0 Å². The molecule has 0 aromatic heterocycles. The minimum absolute atomic E-state index is 0.0549. The van der Waals surface area contributed by atoms with E-state index in [1.807, 2.05) is 0 Å². The smallest absolute Gasteiger partial charge is 0.388 e. The van der Waals surface area contributed by atoms with Crippen molar-refractivity contribution in [2.75, 3.05) is 11.4 Å². The summed E-state index contributed by atoms with van der Waals surface area (Å²) in [6.45, 7) is 0.323. The molecular weight excluding hydrogens is 417 g/mol. The quantitative estimate of drug-likeness (QED) is 0.717. The van der Waals surface area contributed by atoms with Crippen molar-refractivity contribution >= 4 is 21.2 Å². The fourth-order valence-corrected chi connectivity index (χ4v) is 5.23. The van der Waals surface area contributed by atoms with Crippen molar-refractivity contribution in [1.29, 1.82) is 0 Å². The minimum Gasteiger partial charge on any atom is -0.388 e. The number of nitrogens with zero attached hydrogens (tertiary/aromatic N) is 1. The van der Waals surface area contributed by atoms with Crippen LogP contribution in [0.2, 0.25) is 0 Å². The zero-order chi connectivity index (χ0) is 21.1. The minimum atomic E-state index is -5.66. The van der Waals surface area contributed by atoms with Gasteiger partial charge in [-0.05, 0) is 55.0 Å². The van der Waals surface area contributed by atoms with E-state index >= 15 is 0 Å². The highest BCUT2D eigenvalue weighted by molar-refractivity contribution is 7.92. The third kappa shape index (κ3) is 3.09. The molecule has 10 heteroatoms. The molecule has 29 heavy (non-hydrogen) atoms. The number of aliphatic hydroxyl groups is 1. The number of aryl methyl sites for hydroxylation is 1. The lowest BCUT2D eigenvalue weighted by Crippen LogP contribution is -2.28. The number of rotatable bonds is 2. The van der Waals surface area contributed by atoms with E-state index in [1.165, 1.54) is 17.0 Å². The average molecular weight is 433 g/mol. The van der Waals surface area contributed by atoms with Gasteiger partial charge in [-0.3, -0.25) is 0 Å². The lowest BCUT2D eigenvalue weighted by atomic mass is 9.98. The van der Waals surface area contributed by atoms with Crippen LogP contribution in [0.15, 0.2) is 29.2 Å². The van der Waals surface area contributed by atoms with Crippen LogP contribution in [0, 0.1) is 11.6 Å². The second kappa shape index (κ2) is 6.66. The van der Waals surface area contributed by atoms with Crippen LogP contribution >= 0.6 is 0 Å². The molecule has 156 valence electrons. The van der Waals surface area contributed by atoms with Gasteiger partial charge >= 0.3 is 5.51 Å². The molecule has 1 aliphatic heterocycles. The highest BCUT2D eigenvalue weighted by Crippen LogP contribution is 2.47. The Morgan fingerprint density at radius 3 is 2.52 bits per heavy atom. The first-order valence-electron chi connectivity index (χ1n) is 8.93. The number of hydrogen-bond acceptors (Lipinski definition) is 4. The van der Waals surface area contributed by atoms with E-state index in [2.05, 4.69) is 0 Å². The highest BCUT2D eigenvalue weighted by Gasteiger charge is 2.49. The number of halogens is 5. The van der Waals surface area contributed by atoms with Gasteiger partial charge in [0.1, 0.15) is 11.6 Å². The Morgan fingerprint density at radius 1 is 1.10 bits per heavy atom. The molecule has 0 radical (unpaired) electrons. The number of aliphatic hydroxyl groups excluding tert-OH is 1. The molecule has 0 bridgehead atoms. The van der Waals surface area contributed by atoms with Crippen LogP contribution in [0.25, 0.3) is 0 Å². The Labute approximate surface area is 163 Å². The Kier molecular flexibility index (Phi) is 4.62. The molecule has 0 spiro atoms. The van der Waals surface area contributed by atoms with E-state index < -0.39 is 38.0 Å². The summed E-state index contributed by atoms with van der Waals surface area (Å²) in [5.74, 6) is -1.53. The summed E-state index contributed by atoms with van der Waals surface area (Å²) in [5, 5.41) is 10.2. The number of alkyl halides is 3. The standard InChI is InChI=1S/C19H16F5NO3S/c20-11-8-10-2-1-7-25(18(10)13(21)9-11)14-4-6-16(29(27,28)19(22,23)24)17-12(14)3-5-15(17)26/h4,6,8-9,15,26H,1-3,5,7H2. The molecule has 1 heterocycles. The van der Waals surface area contributed by atoms with Crippen molar-refractivity contribution in [2.45, 2.75) is 42.2 Å². The van der Waals surface area contributed by atoms with Crippen LogP contribution in [0.1, 0.15) is 35.6 Å². The number of fused-ring (bicyclic) bond motifs is 2. The van der Waals surface area contributed by atoms with Crippen LogP contribution in [-0.2, 0) is 22.7 Å². The van der Waals surface area contributed by atoms with Gasteiger partial charge in [-0.25, -0.2) is 17.2 Å². The summed E-state index contributed by atoms with van der Waals surface area (Å²) >= 11 is 0. The molecule has 1 unspecified atom stereocenters. The maximum Gasteiger partial charge on any atom is 0.501 e. The number of benzene rings is 2. The van der Waals surface area contributed by atoms with Crippen LogP contribution in [-0.4, -0.2) is 25.6 Å². The summed E-state index contributed by atoms with van der Waals surface area (Å²) in [6.07, 6.45) is -0.192. The predicted molar refractivity (Wildman–Crippen MR) is 94.6 cm³/mol. The van der Waals surface area contributed by atoms with Gasteiger partial charge in [-0.1, -0.05) is 0 Å². The van der Waals surface area contributed by atoms with Crippen LogP contribution in [0.3, 0.4) is 0 Å². The monoisotopic (exact) mass is 433 g/mol. The van der Waals surface area contributed by atoms with E-state index in [1.54, 1.807) is 0 Å². The number of sulfone groups is 1. The van der Waals surface area contributed by atoms with Crippen molar-refractivity contribution in [1.82, 2.24) is 0 Å². The molecule has 2 aromatic carbocycles. The molecule has 2 aromatic rings. The van der Waals surface area contributed by atoms with Gasteiger partial charge in [-0.2, -0.15) is 13.2 Å². The van der Waals surface area contributed by atoms with Gasteiger partial charge in [0, 0.05) is 23.9 Å². The maximum absolute atomic E-state index is 14.5. The first kappa shape index (κ1) is 20.1. The van der Waals surface area contributed by atoms with Gasteiger partial charge in [0.25, 0.3) is 9.84 Å². The van der Waals surface area contributed by atoms with Gasteiger partial charge < -0.3 is 10.0 Å². The number of anilines is 2. The Balaban J connectivity index is 1.92. The fraction of sp³-hybridized carbons (Fsp3) is 0.368.